The van der Waals surface area contributed by atoms with E-state index in [1.807, 2.05) is 11.4 Å². The summed E-state index contributed by atoms with van der Waals surface area (Å²) in [7, 11) is 0. The van der Waals surface area contributed by atoms with E-state index in [-0.39, 0.29) is 16.1 Å². The Balaban J connectivity index is 2.30. The van der Waals surface area contributed by atoms with Gasteiger partial charge in [-0.25, -0.2) is 9.78 Å². The van der Waals surface area contributed by atoms with Crippen molar-refractivity contribution < 1.29 is 31.1 Å². The number of thiazole rings is 1. The summed E-state index contributed by atoms with van der Waals surface area (Å²) in [6.45, 7) is 5.36. The minimum Gasteiger partial charge on any atom is -0.308 e. The van der Waals surface area contributed by atoms with Gasteiger partial charge in [0, 0.05) is 11.1 Å². The lowest BCUT2D eigenvalue weighted by molar-refractivity contribution is -0.143. The average Bonchev–Trinajstić information content (AvgIpc) is 2.96. The number of nitriles is 1. The number of nitrogens with one attached hydrogen (secondary N) is 2. The Morgan fingerprint density at radius 3 is 1.90 bits per heavy atom. The topological polar surface area (TPSA) is 77.8 Å². The van der Waals surface area contributed by atoms with Crippen LogP contribution in [0.1, 0.15) is 42.5 Å². The highest BCUT2D eigenvalue weighted by molar-refractivity contribution is 7.16. The van der Waals surface area contributed by atoms with Crippen LogP contribution in [0, 0.1) is 11.3 Å². The lowest BCUT2D eigenvalue weighted by atomic mass is 9.91. The first-order chi connectivity index (χ1) is 13.1. The summed E-state index contributed by atoms with van der Waals surface area (Å²) in [5, 5.41) is 13.3. The monoisotopic (exact) mass is 436 g/mol. The SMILES string of the molecule is CC(C)(C)c1nc(NC(=O)Nc2cc(C(F)(F)F)cc(C(F)(F)F)c2)sc1C#N. The molecule has 2 amide bonds. The number of benzene rings is 1. The average molecular weight is 436 g/mol. The van der Waals surface area contributed by atoms with E-state index in [1.54, 1.807) is 20.8 Å². The van der Waals surface area contributed by atoms with Crippen LogP contribution in [0.4, 0.5) is 42.0 Å². The Hall–Kier alpha value is -2.81. The number of hydrogen-bond donors (Lipinski definition) is 2. The molecule has 0 atom stereocenters. The maximum atomic E-state index is 12.9. The third-order valence-electron chi connectivity index (χ3n) is 3.51. The molecule has 0 saturated carbocycles. The molecule has 0 unspecified atom stereocenters. The number of anilines is 2. The Kier molecular flexibility index (Phi) is 5.85. The molecule has 5 nitrogen and oxygen atoms in total. The summed E-state index contributed by atoms with van der Waals surface area (Å²) in [5.74, 6) is 0. The molecule has 2 aromatic rings. The number of nitrogens with zero attached hydrogens (tertiary/aromatic N) is 2. The summed E-state index contributed by atoms with van der Waals surface area (Å²) in [4.78, 5) is 16.4. The molecule has 0 spiro atoms. The van der Waals surface area contributed by atoms with E-state index < -0.39 is 40.6 Å². The van der Waals surface area contributed by atoms with Crippen molar-refractivity contribution in [1.82, 2.24) is 4.98 Å². The van der Waals surface area contributed by atoms with E-state index in [4.69, 9.17) is 5.26 Å². The Morgan fingerprint density at radius 2 is 1.52 bits per heavy atom. The van der Waals surface area contributed by atoms with E-state index in [0.29, 0.717) is 17.8 Å². The smallest absolute Gasteiger partial charge is 0.308 e. The van der Waals surface area contributed by atoms with Crippen LogP contribution >= 0.6 is 11.3 Å². The number of aromatic nitrogens is 1. The molecule has 29 heavy (non-hydrogen) atoms. The number of hydrogen-bond acceptors (Lipinski definition) is 4. The van der Waals surface area contributed by atoms with Crippen molar-refractivity contribution in [3.63, 3.8) is 0 Å². The lowest BCUT2D eigenvalue weighted by Gasteiger charge is -2.15. The number of urea groups is 1. The summed E-state index contributed by atoms with van der Waals surface area (Å²) >= 11 is 0.836. The van der Waals surface area contributed by atoms with Crippen molar-refractivity contribution >= 4 is 28.2 Å². The van der Waals surface area contributed by atoms with Crippen LogP contribution in [-0.4, -0.2) is 11.0 Å². The van der Waals surface area contributed by atoms with Crippen molar-refractivity contribution in [2.45, 2.75) is 38.5 Å². The summed E-state index contributed by atoms with van der Waals surface area (Å²) in [6.07, 6.45) is -10.1. The molecule has 0 aliphatic heterocycles. The molecule has 2 N–H and O–H groups in total. The Bertz CT molecular complexity index is 934. The van der Waals surface area contributed by atoms with Crippen LogP contribution < -0.4 is 10.6 Å². The van der Waals surface area contributed by atoms with Gasteiger partial charge in [-0.15, -0.1) is 0 Å². The van der Waals surface area contributed by atoms with Crippen LogP contribution in [0.5, 0.6) is 0 Å². The molecule has 1 aromatic carbocycles. The van der Waals surface area contributed by atoms with Crippen molar-refractivity contribution in [1.29, 1.82) is 5.26 Å². The van der Waals surface area contributed by atoms with Gasteiger partial charge < -0.3 is 5.32 Å². The van der Waals surface area contributed by atoms with E-state index >= 15 is 0 Å². The number of carbonyl (C=O) groups is 1. The first-order valence-corrected chi connectivity index (χ1v) is 8.72. The van der Waals surface area contributed by atoms with Crippen LogP contribution in [0.25, 0.3) is 0 Å². The second-order valence-corrected chi connectivity index (χ2v) is 7.93. The normalized spacial score (nSPS) is 12.4. The van der Waals surface area contributed by atoms with Gasteiger partial charge in [-0.2, -0.15) is 31.6 Å². The second-order valence-electron chi connectivity index (χ2n) is 6.93. The van der Waals surface area contributed by atoms with Crippen LogP contribution in [0.15, 0.2) is 18.2 Å². The highest BCUT2D eigenvalue weighted by atomic mass is 32.1. The van der Waals surface area contributed by atoms with Gasteiger partial charge in [-0.1, -0.05) is 32.1 Å². The summed E-state index contributed by atoms with van der Waals surface area (Å²) < 4.78 is 77.3. The van der Waals surface area contributed by atoms with Crippen LogP contribution in [0.3, 0.4) is 0 Å². The molecule has 0 radical (unpaired) electrons. The zero-order chi connectivity index (χ0) is 22.2. The van der Waals surface area contributed by atoms with E-state index in [1.165, 1.54) is 0 Å². The fourth-order valence-electron chi connectivity index (χ4n) is 2.24. The Morgan fingerprint density at radius 1 is 1.00 bits per heavy atom. The minimum atomic E-state index is -5.03. The number of carbonyl (C=O) groups excluding carboxylic acids is 1. The highest BCUT2D eigenvalue weighted by Crippen LogP contribution is 2.37. The molecule has 0 aliphatic rings. The number of halogens is 6. The summed E-state index contributed by atoms with van der Waals surface area (Å²) in [6, 6.07) is 1.56. The fraction of sp³-hybridized carbons (Fsp3) is 0.353. The molecule has 1 heterocycles. The van der Waals surface area contributed by atoms with Crippen molar-refractivity contribution in [2.75, 3.05) is 10.6 Å². The molecule has 156 valence electrons. The Labute approximate surface area is 165 Å². The molecule has 0 saturated heterocycles. The molecule has 0 bridgehead atoms. The molecule has 1 aromatic heterocycles. The zero-order valence-corrected chi connectivity index (χ0v) is 16.0. The third-order valence-corrected chi connectivity index (χ3v) is 4.38. The van der Waals surface area contributed by atoms with E-state index in [9.17, 15) is 31.1 Å². The van der Waals surface area contributed by atoms with Crippen LogP contribution in [-0.2, 0) is 17.8 Å². The third kappa shape index (κ3) is 5.60. The standard InChI is InChI=1S/C17H14F6N4OS/c1-15(2,3)12-11(7-24)29-14(26-12)27-13(28)25-10-5-8(16(18,19)20)4-9(6-10)17(21,22)23/h4-6H,1-3H3,(H2,25,26,27,28). The molecule has 2 rings (SSSR count). The van der Waals surface area contributed by atoms with Gasteiger partial charge in [-0.3, -0.25) is 5.32 Å². The fourth-order valence-corrected chi connectivity index (χ4v) is 3.21. The molecular formula is C17H14F6N4OS. The first-order valence-electron chi connectivity index (χ1n) is 7.90. The van der Waals surface area contributed by atoms with Gasteiger partial charge in [0.1, 0.15) is 10.9 Å². The quantitative estimate of drug-likeness (QED) is 0.568. The minimum absolute atomic E-state index is 0.0213. The predicted octanol–water partition coefficient (Wildman–Crippen LogP) is 5.99. The molecule has 12 heteroatoms. The van der Waals surface area contributed by atoms with Gasteiger partial charge >= 0.3 is 18.4 Å². The maximum Gasteiger partial charge on any atom is 0.416 e. The van der Waals surface area contributed by atoms with E-state index in [0.717, 1.165) is 11.3 Å². The lowest BCUT2D eigenvalue weighted by Crippen LogP contribution is -2.21. The number of alkyl halides is 6. The van der Waals surface area contributed by atoms with Gasteiger partial charge in [0.05, 0.1) is 16.8 Å². The largest absolute Gasteiger partial charge is 0.416 e. The maximum absolute atomic E-state index is 12.9. The van der Waals surface area contributed by atoms with Gasteiger partial charge in [-0.05, 0) is 18.2 Å². The molecular weight excluding hydrogens is 422 g/mol. The number of rotatable bonds is 2. The zero-order valence-electron chi connectivity index (χ0n) is 15.2. The van der Waals surface area contributed by atoms with Crippen LogP contribution in [0.2, 0.25) is 0 Å². The van der Waals surface area contributed by atoms with E-state index in [2.05, 4.69) is 10.3 Å². The highest BCUT2D eigenvalue weighted by Gasteiger charge is 2.37. The van der Waals surface area contributed by atoms with Crippen molar-refractivity contribution in [3.8, 4) is 6.07 Å². The number of amides is 2. The van der Waals surface area contributed by atoms with Gasteiger partial charge in [0.2, 0.25) is 0 Å². The summed E-state index contributed by atoms with van der Waals surface area (Å²) in [5.41, 5.74) is -3.92. The van der Waals surface area contributed by atoms with Crippen molar-refractivity contribution in [3.05, 3.63) is 39.9 Å². The predicted molar refractivity (Wildman–Crippen MR) is 94.6 cm³/mol. The molecule has 0 fully saturated rings. The molecule has 0 aliphatic carbocycles. The van der Waals surface area contributed by atoms with Gasteiger partial charge in [0.15, 0.2) is 5.13 Å². The second kappa shape index (κ2) is 7.55. The van der Waals surface area contributed by atoms with Gasteiger partial charge in [0.25, 0.3) is 0 Å². The first kappa shape index (κ1) is 22.5. The van der Waals surface area contributed by atoms with Crippen molar-refractivity contribution in [2.24, 2.45) is 0 Å².